The third kappa shape index (κ3) is 3.21. The van der Waals surface area contributed by atoms with Crippen molar-refractivity contribution in [1.82, 2.24) is 20.1 Å². The van der Waals surface area contributed by atoms with E-state index in [1.807, 2.05) is 12.3 Å². The number of piperidine rings is 1. The van der Waals surface area contributed by atoms with Crippen LogP contribution in [0.15, 0.2) is 22.7 Å². The van der Waals surface area contributed by atoms with E-state index >= 15 is 0 Å². The Balaban J connectivity index is 1.52. The first-order valence-electron chi connectivity index (χ1n) is 8.91. The van der Waals surface area contributed by atoms with Crippen LogP contribution in [0.5, 0.6) is 0 Å². The molecular formula is C18H24N4O2. The van der Waals surface area contributed by atoms with Gasteiger partial charge in [0.25, 0.3) is 0 Å². The monoisotopic (exact) mass is 328 g/mol. The van der Waals surface area contributed by atoms with E-state index in [4.69, 9.17) is 9.15 Å². The van der Waals surface area contributed by atoms with Crippen LogP contribution in [0.25, 0.3) is 0 Å². The number of hydrogen-bond acceptors (Lipinski definition) is 6. The molecule has 6 heteroatoms. The fraction of sp³-hybridized carbons (Fsp3) is 0.611. The molecule has 2 aromatic rings. The normalized spacial score (nSPS) is 25.2. The molecule has 0 saturated carbocycles. The Hall–Kier alpha value is -1.79. The largest absolute Gasteiger partial charge is 0.421 e. The summed E-state index contributed by atoms with van der Waals surface area (Å²) in [6, 6.07) is 4.35. The Morgan fingerprint density at radius 3 is 2.92 bits per heavy atom. The summed E-state index contributed by atoms with van der Waals surface area (Å²) in [6.45, 7) is 4.79. The van der Waals surface area contributed by atoms with E-state index in [1.165, 1.54) is 18.4 Å². The van der Waals surface area contributed by atoms with Crippen LogP contribution in [0.2, 0.25) is 0 Å². The summed E-state index contributed by atoms with van der Waals surface area (Å²) in [5, 5.41) is 8.60. The van der Waals surface area contributed by atoms with Crippen LogP contribution in [0.1, 0.15) is 67.3 Å². The van der Waals surface area contributed by atoms with Gasteiger partial charge in [-0.25, -0.2) is 0 Å². The Bertz CT molecular complexity index is 681. The number of likely N-dealkylation sites (tertiary alicyclic amines) is 1. The minimum Gasteiger partial charge on any atom is -0.421 e. The molecular weight excluding hydrogens is 304 g/mol. The van der Waals surface area contributed by atoms with Crippen molar-refractivity contribution in [2.45, 2.75) is 57.7 Å². The fourth-order valence-corrected chi connectivity index (χ4v) is 3.65. The summed E-state index contributed by atoms with van der Waals surface area (Å²) in [4.78, 5) is 6.85. The molecule has 0 N–H and O–H groups in total. The van der Waals surface area contributed by atoms with Crippen molar-refractivity contribution in [1.29, 1.82) is 0 Å². The second-order valence-corrected chi connectivity index (χ2v) is 6.71. The van der Waals surface area contributed by atoms with Gasteiger partial charge in [-0.2, -0.15) is 0 Å². The van der Waals surface area contributed by atoms with E-state index in [0.717, 1.165) is 50.5 Å². The Morgan fingerprint density at radius 1 is 1.17 bits per heavy atom. The first-order valence-corrected chi connectivity index (χ1v) is 8.91. The number of rotatable bonds is 4. The lowest BCUT2D eigenvalue weighted by molar-refractivity contribution is 0.0794. The molecule has 0 radical (unpaired) electrons. The quantitative estimate of drug-likeness (QED) is 0.857. The van der Waals surface area contributed by atoms with Gasteiger partial charge in [0.05, 0.1) is 6.04 Å². The number of ether oxygens (including phenoxy) is 1. The fourth-order valence-electron chi connectivity index (χ4n) is 3.65. The standard InChI is InChI=1S/C18H24N4O2/c1-13-14(6-4-9-19-13)12-22-10-3-2-7-15(22)17-20-21-18(24-17)16-8-5-11-23-16/h4,6,9,15-16H,2-3,5,7-8,10-12H2,1H3/t15?,16-/m1/s1. The molecule has 0 bridgehead atoms. The first kappa shape index (κ1) is 15.7. The van der Waals surface area contributed by atoms with E-state index in [-0.39, 0.29) is 12.1 Å². The number of aryl methyl sites for hydroxylation is 1. The number of hydrogen-bond donors (Lipinski definition) is 0. The van der Waals surface area contributed by atoms with Gasteiger partial charge in [0.2, 0.25) is 11.8 Å². The van der Waals surface area contributed by atoms with Crippen molar-refractivity contribution in [3.8, 4) is 0 Å². The zero-order valence-electron chi connectivity index (χ0n) is 14.1. The van der Waals surface area contributed by atoms with Crippen LogP contribution in [-0.4, -0.2) is 33.2 Å². The summed E-state index contributed by atoms with van der Waals surface area (Å²) in [7, 11) is 0. The molecule has 2 aliphatic rings. The highest BCUT2D eigenvalue weighted by atomic mass is 16.5. The van der Waals surface area contributed by atoms with Gasteiger partial charge < -0.3 is 9.15 Å². The van der Waals surface area contributed by atoms with Crippen LogP contribution in [0.4, 0.5) is 0 Å². The van der Waals surface area contributed by atoms with Gasteiger partial charge in [-0.1, -0.05) is 12.5 Å². The maximum Gasteiger partial charge on any atom is 0.245 e. The Labute approximate surface area is 142 Å². The third-order valence-corrected chi connectivity index (χ3v) is 5.05. The van der Waals surface area contributed by atoms with E-state index < -0.39 is 0 Å². The van der Waals surface area contributed by atoms with Gasteiger partial charge >= 0.3 is 0 Å². The molecule has 6 nitrogen and oxygen atoms in total. The molecule has 2 fully saturated rings. The average Bonchev–Trinajstić information content (AvgIpc) is 3.28. The predicted octanol–water partition coefficient (Wildman–Crippen LogP) is 3.35. The van der Waals surface area contributed by atoms with E-state index in [9.17, 15) is 0 Å². The highest BCUT2D eigenvalue weighted by molar-refractivity contribution is 5.18. The highest BCUT2D eigenvalue weighted by Gasteiger charge is 2.31. The molecule has 1 unspecified atom stereocenters. The van der Waals surface area contributed by atoms with Crippen LogP contribution in [0.3, 0.4) is 0 Å². The van der Waals surface area contributed by atoms with Crippen molar-refractivity contribution in [3.05, 3.63) is 41.4 Å². The summed E-state index contributed by atoms with van der Waals surface area (Å²) < 4.78 is 11.7. The maximum atomic E-state index is 6.00. The summed E-state index contributed by atoms with van der Waals surface area (Å²) >= 11 is 0. The van der Waals surface area contributed by atoms with Gasteiger partial charge in [-0.3, -0.25) is 9.88 Å². The van der Waals surface area contributed by atoms with Crippen molar-refractivity contribution in [2.75, 3.05) is 13.2 Å². The SMILES string of the molecule is Cc1ncccc1CN1CCCCC1c1nnc([C@H]2CCCO2)o1. The molecule has 0 spiro atoms. The lowest BCUT2D eigenvalue weighted by Gasteiger charge is -2.33. The number of nitrogens with zero attached hydrogens (tertiary/aromatic N) is 4. The molecule has 2 aromatic heterocycles. The molecule has 2 atom stereocenters. The molecule has 2 aliphatic heterocycles. The summed E-state index contributed by atoms with van der Waals surface area (Å²) in [5.41, 5.74) is 2.36. The zero-order valence-corrected chi connectivity index (χ0v) is 14.1. The second-order valence-electron chi connectivity index (χ2n) is 6.71. The van der Waals surface area contributed by atoms with Gasteiger partial charge in [0.15, 0.2) is 0 Å². The smallest absolute Gasteiger partial charge is 0.245 e. The predicted molar refractivity (Wildman–Crippen MR) is 88.2 cm³/mol. The molecule has 0 aromatic carbocycles. The minimum atomic E-state index is -0.0103. The van der Waals surface area contributed by atoms with Crippen molar-refractivity contribution >= 4 is 0 Å². The molecule has 2 saturated heterocycles. The van der Waals surface area contributed by atoms with Crippen molar-refractivity contribution in [2.24, 2.45) is 0 Å². The molecule has 4 rings (SSSR count). The molecule has 0 aliphatic carbocycles. The maximum absolute atomic E-state index is 6.00. The summed E-state index contributed by atoms with van der Waals surface area (Å²) in [5.74, 6) is 1.38. The van der Waals surface area contributed by atoms with E-state index in [1.54, 1.807) is 0 Å². The van der Waals surface area contributed by atoms with Gasteiger partial charge in [-0.15, -0.1) is 10.2 Å². The lowest BCUT2D eigenvalue weighted by Crippen LogP contribution is -2.33. The van der Waals surface area contributed by atoms with Crippen LogP contribution in [-0.2, 0) is 11.3 Å². The van der Waals surface area contributed by atoms with Gasteiger partial charge in [0.1, 0.15) is 6.10 Å². The topological polar surface area (TPSA) is 64.3 Å². The molecule has 4 heterocycles. The van der Waals surface area contributed by atoms with Crippen LogP contribution < -0.4 is 0 Å². The Kier molecular flexibility index (Phi) is 4.58. The summed E-state index contributed by atoms with van der Waals surface area (Å²) in [6.07, 6.45) is 7.35. The van der Waals surface area contributed by atoms with Crippen LogP contribution >= 0.6 is 0 Å². The lowest BCUT2D eigenvalue weighted by atomic mass is 10.0. The van der Waals surface area contributed by atoms with Crippen LogP contribution in [0, 0.1) is 6.92 Å². The van der Waals surface area contributed by atoms with Gasteiger partial charge in [-0.05, 0) is 50.8 Å². The average molecular weight is 328 g/mol. The highest BCUT2D eigenvalue weighted by Crippen LogP contribution is 2.34. The number of aromatic nitrogens is 3. The minimum absolute atomic E-state index is 0.0103. The Morgan fingerprint density at radius 2 is 2.08 bits per heavy atom. The molecule has 24 heavy (non-hydrogen) atoms. The zero-order chi connectivity index (χ0) is 16.4. The first-order chi connectivity index (χ1) is 11.8. The number of pyridine rings is 1. The van der Waals surface area contributed by atoms with Crippen molar-refractivity contribution < 1.29 is 9.15 Å². The third-order valence-electron chi connectivity index (χ3n) is 5.05. The van der Waals surface area contributed by atoms with E-state index in [2.05, 4.69) is 33.1 Å². The molecule has 128 valence electrons. The molecule has 0 amide bonds. The second kappa shape index (κ2) is 6.99. The van der Waals surface area contributed by atoms with Gasteiger partial charge in [0, 0.05) is 25.0 Å². The van der Waals surface area contributed by atoms with Crippen molar-refractivity contribution in [3.63, 3.8) is 0 Å². The van der Waals surface area contributed by atoms with E-state index in [0.29, 0.717) is 5.89 Å².